The van der Waals surface area contributed by atoms with Crippen LogP contribution < -0.4 is 0 Å². The van der Waals surface area contributed by atoms with E-state index in [1.807, 2.05) is 0 Å². The molecule has 0 spiro atoms. The maximum absolute atomic E-state index is 5.39. The first-order valence-electron chi connectivity index (χ1n) is 4.50. The van der Waals surface area contributed by atoms with Gasteiger partial charge in [-0.3, -0.25) is 0 Å². The van der Waals surface area contributed by atoms with Gasteiger partial charge in [0.15, 0.2) is 0 Å². The second-order valence-electron chi connectivity index (χ2n) is 5.02. The standard InChI is InChI=1S/C10H16S/c1-9(2)7-4-5-10(9,3)6-8(7)11/h7H,4-6H2,1-3H3. The summed E-state index contributed by atoms with van der Waals surface area (Å²) in [6, 6.07) is 0. The number of thiocarbonyl (C=S) groups is 1. The minimum absolute atomic E-state index is 0.490. The predicted molar refractivity (Wildman–Crippen MR) is 51.8 cm³/mol. The second-order valence-corrected chi connectivity index (χ2v) is 5.54. The molecule has 0 saturated heterocycles. The summed E-state index contributed by atoms with van der Waals surface area (Å²) in [6.45, 7) is 7.19. The quantitative estimate of drug-likeness (QED) is 0.500. The van der Waals surface area contributed by atoms with Crippen molar-refractivity contribution in [3.63, 3.8) is 0 Å². The Bertz CT molecular complexity index is 214. The zero-order chi connectivity index (χ0) is 8.28. The molecule has 0 aromatic heterocycles. The lowest BCUT2D eigenvalue weighted by molar-refractivity contribution is 0.152. The molecule has 0 radical (unpaired) electrons. The van der Waals surface area contributed by atoms with Crippen molar-refractivity contribution in [3.05, 3.63) is 0 Å². The van der Waals surface area contributed by atoms with Crippen molar-refractivity contribution in [1.29, 1.82) is 0 Å². The normalized spacial score (nSPS) is 46.8. The molecule has 2 bridgehead atoms. The number of fused-ring (bicyclic) bond motifs is 2. The Morgan fingerprint density at radius 2 is 2.00 bits per heavy atom. The minimum Gasteiger partial charge on any atom is -0.0893 e. The van der Waals surface area contributed by atoms with E-state index in [0.29, 0.717) is 10.8 Å². The van der Waals surface area contributed by atoms with Crippen molar-refractivity contribution in [1.82, 2.24) is 0 Å². The molecule has 0 amide bonds. The topological polar surface area (TPSA) is 0 Å². The van der Waals surface area contributed by atoms with Crippen LogP contribution in [-0.4, -0.2) is 4.86 Å². The Morgan fingerprint density at radius 3 is 2.18 bits per heavy atom. The highest BCUT2D eigenvalue weighted by Crippen LogP contribution is 2.64. The Labute approximate surface area is 74.4 Å². The third kappa shape index (κ3) is 0.729. The number of hydrogen-bond acceptors (Lipinski definition) is 1. The molecule has 0 aliphatic heterocycles. The van der Waals surface area contributed by atoms with Crippen LogP contribution in [0.2, 0.25) is 0 Å². The lowest BCUT2D eigenvalue weighted by atomic mass is 9.71. The van der Waals surface area contributed by atoms with E-state index in [-0.39, 0.29) is 0 Å². The first kappa shape index (κ1) is 7.72. The summed E-state index contributed by atoms with van der Waals surface area (Å²) in [7, 11) is 0. The van der Waals surface area contributed by atoms with Crippen LogP contribution in [0.25, 0.3) is 0 Å². The molecule has 2 saturated carbocycles. The van der Waals surface area contributed by atoms with Gasteiger partial charge >= 0.3 is 0 Å². The van der Waals surface area contributed by atoms with Gasteiger partial charge in [0.2, 0.25) is 0 Å². The molecule has 2 fully saturated rings. The third-order valence-corrected chi connectivity index (χ3v) is 4.79. The molecular formula is C10H16S. The van der Waals surface area contributed by atoms with Crippen molar-refractivity contribution < 1.29 is 0 Å². The molecule has 2 unspecified atom stereocenters. The lowest BCUT2D eigenvalue weighted by Crippen LogP contribution is -2.26. The maximum Gasteiger partial charge on any atom is -0.00294 e. The van der Waals surface area contributed by atoms with Crippen molar-refractivity contribution >= 4 is 17.1 Å². The predicted octanol–water partition coefficient (Wildman–Crippen LogP) is 3.20. The van der Waals surface area contributed by atoms with Gasteiger partial charge in [0.25, 0.3) is 0 Å². The van der Waals surface area contributed by atoms with Crippen molar-refractivity contribution in [2.24, 2.45) is 16.7 Å². The van der Waals surface area contributed by atoms with Crippen molar-refractivity contribution in [3.8, 4) is 0 Å². The van der Waals surface area contributed by atoms with Crippen LogP contribution in [-0.2, 0) is 0 Å². The maximum atomic E-state index is 5.39. The van der Waals surface area contributed by atoms with E-state index >= 15 is 0 Å². The molecule has 0 N–H and O–H groups in total. The molecule has 0 aromatic rings. The van der Waals surface area contributed by atoms with Gasteiger partial charge in [-0.15, -0.1) is 0 Å². The van der Waals surface area contributed by atoms with Gasteiger partial charge in [-0.1, -0.05) is 33.0 Å². The summed E-state index contributed by atoms with van der Waals surface area (Å²) >= 11 is 5.39. The first-order chi connectivity index (χ1) is 4.97. The largest absolute Gasteiger partial charge is 0.0893 e. The van der Waals surface area contributed by atoms with E-state index < -0.39 is 0 Å². The smallest absolute Gasteiger partial charge is 0.00294 e. The lowest BCUT2D eigenvalue weighted by Gasteiger charge is -2.33. The Balaban J connectivity index is 2.45. The zero-order valence-corrected chi connectivity index (χ0v) is 8.42. The number of hydrogen-bond donors (Lipinski definition) is 0. The molecule has 1 heteroatoms. The summed E-state index contributed by atoms with van der Waals surface area (Å²) in [6.07, 6.45) is 3.95. The fourth-order valence-electron chi connectivity index (χ4n) is 2.95. The van der Waals surface area contributed by atoms with E-state index in [4.69, 9.17) is 12.2 Å². The highest BCUT2D eigenvalue weighted by atomic mass is 32.1. The first-order valence-corrected chi connectivity index (χ1v) is 4.91. The van der Waals surface area contributed by atoms with Crippen molar-refractivity contribution in [2.45, 2.75) is 40.0 Å². The third-order valence-electron chi connectivity index (χ3n) is 4.36. The highest BCUT2D eigenvalue weighted by Gasteiger charge is 2.58. The molecule has 2 atom stereocenters. The number of rotatable bonds is 0. The monoisotopic (exact) mass is 168 g/mol. The Morgan fingerprint density at radius 1 is 1.36 bits per heavy atom. The molecule has 62 valence electrons. The van der Waals surface area contributed by atoms with Gasteiger partial charge in [0, 0.05) is 0 Å². The molecule has 0 aromatic carbocycles. The van der Waals surface area contributed by atoms with E-state index in [9.17, 15) is 0 Å². The second kappa shape index (κ2) is 1.87. The molecule has 0 heterocycles. The van der Waals surface area contributed by atoms with Crippen LogP contribution in [0.5, 0.6) is 0 Å². The van der Waals surface area contributed by atoms with Gasteiger partial charge in [0.1, 0.15) is 0 Å². The zero-order valence-electron chi connectivity index (χ0n) is 7.61. The summed E-state index contributed by atoms with van der Waals surface area (Å²) in [5.74, 6) is 0.752. The summed E-state index contributed by atoms with van der Waals surface area (Å²) in [5, 5.41) is 0. The van der Waals surface area contributed by atoms with Gasteiger partial charge in [-0.25, -0.2) is 0 Å². The van der Waals surface area contributed by atoms with Crippen LogP contribution in [0.3, 0.4) is 0 Å². The van der Waals surface area contributed by atoms with E-state index in [1.54, 1.807) is 0 Å². The van der Waals surface area contributed by atoms with E-state index in [2.05, 4.69) is 20.8 Å². The average molecular weight is 168 g/mol. The van der Waals surface area contributed by atoms with Gasteiger partial charge in [-0.2, -0.15) is 0 Å². The molecule has 2 aliphatic carbocycles. The van der Waals surface area contributed by atoms with Crippen LogP contribution in [0.15, 0.2) is 0 Å². The van der Waals surface area contributed by atoms with E-state index in [1.165, 1.54) is 24.1 Å². The van der Waals surface area contributed by atoms with Crippen molar-refractivity contribution in [2.75, 3.05) is 0 Å². The van der Waals surface area contributed by atoms with Gasteiger partial charge in [0.05, 0.1) is 0 Å². The molecular weight excluding hydrogens is 152 g/mol. The van der Waals surface area contributed by atoms with Crippen LogP contribution in [0.4, 0.5) is 0 Å². The molecule has 2 rings (SSSR count). The average Bonchev–Trinajstić information content (AvgIpc) is 2.13. The van der Waals surface area contributed by atoms with Crippen LogP contribution in [0, 0.1) is 16.7 Å². The fourth-order valence-corrected chi connectivity index (χ4v) is 3.68. The fraction of sp³-hybridized carbons (Fsp3) is 0.900. The SMILES string of the molecule is CC12CCC(C(=S)C1)C2(C)C. The molecule has 2 aliphatic rings. The van der Waals surface area contributed by atoms with Gasteiger partial charge in [-0.05, 0) is 40.9 Å². The minimum atomic E-state index is 0.490. The summed E-state index contributed by atoms with van der Waals surface area (Å²) in [5.41, 5.74) is 1.03. The Hall–Kier alpha value is 0.0900. The van der Waals surface area contributed by atoms with Gasteiger partial charge < -0.3 is 0 Å². The van der Waals surface area contributed by atoms with Crippen LogP contribution >= 0.6 is 12.2 Å². The summed E-state index contributed by atoms with van der Waals surface area (Å²) < 4.78 is 0. The van der Waals surface area contributed by atoms with Crippen LogP contribution in [0.1, 0.15) is 40.0 Å². The molecule has 11 heavy (non-hydrogen) atoms. The molecule has 0 nitrogen and oxygen atoms in total. The summed E-state index contributed by atoms with van der Waals surface area (Å²) in [4.78, 5) is 1.35. The Kier molecular flexibility index (Phi) is 1.32. The highest BCUT2D eigenvalue weighted by molar-refractivity contribution is 7.80. The van der Waals surface area contributed by atoms with E-state index in [0.717, 1.165) is 5.92 Å².